The van der Waals surface area contributed by atoms with Crippen LogP contribution in [-0.2, 0) is 6.54 Å². The van der Waals surface area contributed by atoms with Gasteiger partial charge < -0.3 is 14.6 Å². The Labute approximate surface area is 144 Å². The number of rotatable bonds is 5. The summed E-state index contributed by atoms with van der Waals surface area (Å²) in [6, 6.07) is 6.88. The van der Waals surface area contributed by atoms with Crippen LogP contribution < -0.4 is 15.0 Å². The standard InChI is InChI=1S/C17H18N4O4/c1-5-21-16(22)12(9-18)10(2)15(17(21)23)20-19-13-8-11(24-3)6-7-14(13)25-4/h6-8,22H,5H2,1-4H3. The van der Waals surface area contributed by atoms with E-state index in [1.807, 2.05) is 6.07 Å². The van der Waals surface area contributed by atoms with Gasteiger partial charge in [0, 0.05) is 18.2 Å². The largest absolute Gasteiger partial charge is 0.497 e. The Morgan fingerprint density at radius 3 is 2.56 bits per heavy atom. The van der Waals surface area contributed by atoms with E-state index < -0.39 is 5.56 Å². The van der Waals surface area contributed by atoms with Crippen molar-refractivity contribution in [3.05, 3.63) is 39.7 Å². The van der Waals surface area contributed by atoms with E-state index in [9.17, 15) is 15.2 Å². The van der Waals surface area contributed by atoms with E-state index in [2.05, 4.69) is 10.2 Å². The first-order valence-corrected chi connectivity index (χ1v) is 7.48. The Morgan fingerprint density at radius 2 is 2.00 bits per heavy atom. The van der Waals surface area contributed by atoms with Crippen LogP contribution in [-0.4, -0.2) is 23.9 Å². The molecule has 1 aromatic heterocycles. The lowest BCUT2D eigenvalue weighted by atomic mass is 10.1. The van der Waals surface area contributed by atoms with Crippen LogP contribution in [0.5, 0.6) is 17.4 Å². The van der Waals surface area contributed by atoms with Crippen molar-refractivity contribution in [1.82, 2.24) is 4.57 Å². The molecule has 25 heavy (non-hydrogen) atoms. The third kappa shape index (κ3) is 3.30. The second-order valence-electron chi connectivity index (χ2n) is 5.07. The van der Waals surface area contributed by atoms with Gasteiger partial charge in [0.25, 0.3) is 5.56 Å². The molecule has 2 rings (SSSR count). The van der Waals surface area contributed by atoms with Gasteiger partial charge in [-0.3, -0.25) is 9.36 Å². The third-order valence-corrected chi connectivity index (χ3v) is 3.73. The van der Waals surface area contributed by atoms with Crippen LogP contribution in [0.4, 0.5) is 11.4 Å². The highest BCUT2D eigenvalue weighted by Crippen LogP contribution is 2.33. The molecule has 2 aromatic rings. The van der Waals surface area contributed by atoms with Crippen molar-refractivity contribution in [2.75, 3.05) is 14.2 Å². The van der Waals surface area contributed by atoms with Gasteiger partial charge in [0.15, 0.2) is 5.69 Å². The summed E-state index contributed by atoms with van der Waals surface area (Å²) in [6.45, 7) is 3.42. The number of benzene rings is 1. The fraction of sp³-hybridized carbons (Fsp3) is 0.294. The number of ether oxygens (including phenoxy) is 2. The predicted octanol–water partition coefficient (Wildman–Crippen LogP) is 3.19. The molecular formula is C17H18N4O4. The van der Waals surface area contributed by atoms with E-state index in [1.54, 1.807) is 25.1 Å². The lowest BCUT2D eigenvalue weighted by Crippen LogP contribution is -2.20. The zero-order valence-electron chi connectivity index (χ0n) is 14.4. The van der Waals surface area contributed by atoms with Crippen LogP contribution in [0.15, 0.2) is 33.2 Å². The Balaban J connectivity index is 2.64. The maximum absolute atomic E-state index is 12.5. The van der Waals surface area contributed by atoms with Gasteiger partial charge in [0.2, 0.25) is 5.88 Å². The minimum absolute atomic E-state index is 0.00647. The first-order valence-electron chi connectivity index (χ1n) is 7.48. The second kappa shape index (κ2) is 7.49. The van der Waals surface area contributed by atoms with Gasteiger partial charge >= 0.3 is 0 Å². The molecule has 0 saturated heterocycles. The minimum atomic E-state index is -0.526. The number of nitriles is 1. The SMILES string of the molecule is CCn1c(O)c(C#N)c(C)c(N=Nc2cc(OC)ccc2OC)c1=O. The average Bonchev–Trinajstić information content (AvgIpc) is 2.62. The Kier molecular flexibility index (Phi) is 5.39. The van der Waals surface area contributed by atoms with E-state index in [-0.39, 0.29) is 29.2 Å². The lowest BCUT2D eigenvalue weighted by Gasteiger charge is -2.11. The van der Waals surface area contributed by atoms with E-state index >= 15 is 0 Å². The van der Waals surface area contributed by atoms with Crippen LogP contribution in [0.1, 0.15) is 18.1 Å². The monoisotopic (exact) mass is 342 g/mol. The van der Waals surface area contributed by atoms with E-state index in [0.29, 0.717) is 17.2 Å². The average molecular weight is 342 g/mol. The highest BCUT2D eigenvalue weighted by Gasteiger charge is 2.18. The number of aromatic nitrogens is 1. The van der Waals surface area contributed by atoms with Crippen molar-refractivity contribution < 1.29 is 14.6 Å². The highest BCUT2D eigenvalue weighted by molar-refractivity contribution is 5.58. The molecule has 1 aromatic carbocycles. The molecule has 0 spiro atoms. The normalized spacial score (nSPS) is 10.7. The lowest BCUT2D eigenvalue weighted by molar-refractivity contribution is 0.404. The molecule has 0 fully saturated rings. The highest BCUT2D eigenvalue weighted by atomic mass is 16.5. The molecule has 1 N–H and O–H groups in total. The molecule has 0 atom stereocenters. The molecule has 0 unspecified atom stereocenters. The van der Waals surface area contributed by atoms with Crippen LogP contribution in [0.2, 0.25) is 0 Å². The summed E-state index contributed by atoms with van der Waals surface area (Å²) in [5.41, 5.74) is 0.0896. The molecule has 1 heterocycles. The van der Waals surface area contributed by atoms with Gasteiger partial charge in [-0.1, -0.05) is 0 Å². The Hall–Kier alpha value is -3.34. The van der Waals surface area contributed by atoms with Crippen LogP contribution >= 0.6 is 0 Å². The van der Waals surface area contributed by atoms with Gasteiger partial charge in [-0.15, -0.1) is 10.2 Å². The molecule has 0 radical (unpaired) electrons. The van der Waals surface area contributed by atoms with Crippen LogP contribution in [0.25, 0.3) is 0 Å². The number of aromatic hydroxyl groups is 1. The van der Waals surface area contributed by atoms with Gasteiger partial charge in [-0.25, -0.2) is 0 Å². The maximum Gasteiger partial charge on any atom is 0.281 e. The smallest absolute Gasteiger partial charge is 0.281 e. The molecule has 0 aliphatic carbocycles. The minimum Gasteiger partial charge on any atom is -0.497 e. The molecule has 0 saturated carbocycles. The van der Waals surface area contributed by atoms with E-state index in [4.69, 9.17) is 9.47 Å². The third-order valence-electron chi connectivity index (χ3n) is 3.73. The van der Waals surface area contributed by atoms with Crippen LogP contribution in [0, 0.1) is 18.3 Å². The number of pyridine rings is 1. The summed E-state index contributed by atoms with van der Waals surface area (Å²) in [6.07, 6.45) is 0. The molecule has 0 aliphatic rings. The van der Waals surface area contributed by atoms with E-state index in [1.165, 1.54) is 21.1 Å². The topological polar surface area (TPSA) is 109 Å². The first kappa shape index (κ1) is 18.0. The Bertz CT molecular complexity index is 926. The van der Waals surface area contributed by atoms with Gasteiger partial charge in [0.1, 0.15) is 28.8 Å². The van der Waals surface area contributed by atoms with Gasteiger partial charge in [-0.05, 0) is 26.0 Å². The molecule has 0 aliphatic heterocycles. The quantitative estimate of drug-likeness (QED) is 0.839. The van der Waals surface area contributed by atoms with Crippen molar-refractivity contribution in [2.24, 2.45) is 10.2 Å². The second-order valence-corrected chi connectivity index (χ2v) is 5.07. The summed E-state index contributed by atoms with van der Waals surface area (Å²) < 4.78 is 11.4. The van der Waals surface area contributed by atoms with Crippen molar-refractivity contribution >= 4 is 11.4 Å². The number of hydrogen-bond donors (Lipinski definition) is 1. The fourth-order valence-electron chi connectivity index (χ4n) is 2.33. The fourth-order valence-corrected chi connectivity index (χ4v) is 2.33. The number of nitrogens with zero attached hydrogens (tertiary/aromatic N) is 4. The van der Waals surface area contributed by atoms with Crippen LogP contribution in [0.3, 0.4) is 0 Å². The predicted molar refractivity (Wildman–Crippen MR) is 91.2 cm³/mol. The molecule has 130 valence electrons. The molecular weight excluding hydrogens is 324 g/mol. The zero-order valence-corrected chi connectivity index (χ0v) is 14.4. The number of hydrogen-bond acceptors (Lipinski definition) is 7. The van der Waals surface area contributed by atoms with Crippen molar-refractivity contribution in [1.29, 1.82) is 5.26 Å². The molecule has 0 amide bonds. The zero-order chi connectivity index (χ0) is 18.6. The summed E-state index contributed by atoms with van der Waals surface area (Å²) >= 11 is 0. The summed E-state index contributed by atoms with van der Waals surface area (Å²) in [5, 5.41) is 27.4. The Morgan fingerprint density at radius 1 is 1.28 bits per heavy atom. The summed E-state index contributed by atoms with van der Waals surface area (Å²) in [4.78, 5) is 12.5. The number of methoxy groups -OCH3 is 2. The molecule has 8 nitrogen and oxygen atoms in total. The van der Waals surface area contributed by atoms with Crippen molar-refractivity contribution in [3.63, 3.8) is 0 Å². The first-order chi connectivity index (χ1) is 12.0. The summed E-state index contributed by atoms with van der Waals surface area (Å²) in [5.74, 6) is 0.642. The van der Waals surface area contributed by atoms with Gasteiger partial charge in [0.05, 0.1) is 14.2 Å². The molecule has 8 heteroatoms. The number of azo groups is 1. The van der Waals surface area contributed by atoms with E-state index in [0.717, 1.165) is 4.57 Å². The summed E-state index contributed by atoms with van der Waals surface area (Å²) in [7, 11) is 3.01. The van der Waals surface area contributed by atoms with Crippen molar-refractivity contribution in [3.8, 4) is 23.4 Å². The van der Waals surface area contributed by atoms with Crippen molar-refractivity contribution in [2.45, 2.75) is 20.4 Å². The molecule has 0 bridgehead atoms. The van der Waals surface area contributed by atoms with Gasteiger partial charge in [-0.2, -0.15) is 5.26 Å². The maximum atomic E-state index is 12.5.